The number of imide groups is 1. The summed E-state index contributed by atoms with van der Waals surface area (Å²) in [5.74, 6) is -0.211. The van der Waals surface area contributed by atoms with Gasteiger partial charge in [0.25, 0.3) is 5.91 Å². The first-order chi connectivity index (χ1) is 15.5. The number of fused-ring (bicyclic) bond motifs is 1. The molecule has 3 fully saturated rings. The molecule has 4 aliphatic heterocycles. The number of ether oxygens (including phenoxy) is 1. The molecule has 1 aromatic carbocycles. The number of piperidine rings is 2. The van der Waals surface area contributed by atoms with E-state index in [2.05, 4.69) is 16.3 Å². The van der Waals surface area contributed by atoms with Crippen LogP contribution in [0.4, 0.5) is 0 Å². The van der Waals surface area contributed by atoms with Crippen molar-refractivity contribution in [1.29, 1.82) is 0 Å². The summed E-state index contributed by atoms with van der Waals surface area (Å²) in [6.45, 7) is 4.16. The lowest BCUT2D eigenvalue weighted by atomic mass is 9.85. The van der Waals surface area contributed by atoms with Crippen LogP contribution in [0.15, 0.2) is 18.2 Å². The summed E-state index contributed by atoms with van der Waals surface area (Å²) >= 11 is 0. The minimum atomic E-state index is -0.566. The Morgan fingerprint density at radius 2 is 1.91 bits per heavy atom. The highest BCUT2D eigenvalue weighted by atomic mass is 16.5. The molecule has 8 heteroatoms. The van der Waals surface area contributed by atoms with Crippen molar-refractivity contribution in [3.63, 3.8) is 0 Å². The Kier molecular flexibility index (Phi) is 6.01. The second kappa shape index (κ2) is 8.92. The van der Waals surface area contributed by atoms with Crippen molar-refractivity contribution >= 4 is 17.7 Å². The first-order valence-corrected chi connectivity index (χ1v) is 11.9. The number of nitrogens with one attached hydrogen (secondary N) is 1. The van der Waals surface area contributed by atoms with E-state index in [4.69, 9.17) is 10.5 Å². The van der Waals surface area contributed by atoms with Gasteiger partial charge in [-0.3, -0.25) is 24.6 Å². The summed E-state index contributed by atoms with van der Waals surface area (Å²) in [7, 11) is 0. The average Bonchev–Trinajstić information content (AvgIpc) is 3.10. The summed E-state index contributed by atoms with van der Waals surface area (Å²) < 4.78 is 5.99. The first kappa shape index (κ1) is 21.6. The van der Waals surface area contributed by atoms with Crippen LogP contribution < -0.4 is 11.1 Å². The maximum atomic E-state index is 12.9. The Balaban J connectivity index is 1.19. The summed E-state index contributed by atoms with van der Waals surface area (Å²) in [4.78, 5) is 40.6. The van der Waals surface area contributed by atoms with Crippen LogP contribution in [0.3, 0.4) is 0 Å². The number of nitrogens with two attached hydrogens (primary N) is 1. The van der Waals surface area contributed by atoms with Crippen LogP contribution in [0, 0.1) is 5.92 Å². The Bertz CT molecular complexity index is 911. The molecule has 0 radical (unpaired) electrons. The average molecular weight is 441 g/mol. The van der Waals surface area contributed by atoms with Crippen LogP contribution in [0.5, 0.6) is 0 Å². The van der Waals surface area contributed by atoms with Crippen molar-refractivity contribution in [2.75, 3.05) is 19.7 Å². The van der Waals surface area contributed by atoms with Crippen LogP contribution >= 0.6 is 0 Å². The predicted octanol–water partition coefficient (Wildman–Crippen LogP) is 1.17. The molecule has 3 amide bonds. The summed E-state index contributed by atoms with van der Waals surface area (Å²) in [6.07, 6.45) is 5.20. The minimum Gasteiger partial charge on any atom is -0.376 e. The molecule has 1 unspecified atom stereocenters. The van der Waals surface area contributed by atoms with Crippen LogP contribution in [0.1, 0.15) is 60.0 Å². The van der Waals surface area contributed by atoms with Crippen LogP contribution in [0.25, 0.3) is 0 Å². The maximum Gasteiger partial charge on any atom is 0.255 e. The molecular weight excluding hydrogens is 408 g/mol. The SMILES string of the molecule is N[C@@H]1CCCO[C@H]1C1CCN(Cc2ccc3c(c2)CN(C2CCC(=O)NC2=O)C3=O)CC1. The first-order valence-electron chi connectivity index (χ1n) is 11.9. The third-order valence-electron chi connectivity index (χ3n) is 7.51. The topological polar surface area (TPSA) is 105 Å². The van der Waals surface area contributed by atoms with Gasteiger partial charge in [0, 0.05) is 37.7 Å². The fourth-order valence-electron chi connectivity index (χ4n) is 5.74. The number of amides is 3. The van der Waals surface area contributed by atoms with Crippen molar-refractivity contribution < 1.29 is 19.1 Å². The van der Waals surface area contributed by atoms with Crippen molar-refractivity contribution in [3.8, 4) is 0 Å². The van der Waals surface area contributed by atoms with Gasteiger partial charge in [-0.2, -0.15) is 0 Å². The molecule has 5 rings (SSSR count). The standard InChI is InChI=1S/C24H32N4O4/c25-19-2-1-11-32-22(19)16-7-9-27(10-8-16)13-15-3-4-18-17(12-15)14-28(24(18)31)20-5-6-21(29)26-23(20)30/h3-4,12,16,19-20,22H,1-2,5-11,13-14,25H2,(H,26,29,30)/t19-,20?,22+/m1/s1. The number of carbonyl (C=O) groups excluding carboxylic acids is 3. The molecule has 1 aromatic rings. The maximum absolute atomic E-state index is 12.9. The van der Waals surface area contributed by atoms with Crippen LogP contribution in [-0.4, -0.2) is 65.4 Å². The minimum absolute atomic E-state index is 0.120. The lowest BCUT2D eigenvalue weighted by Gasteiger charge is -2.40. The van der Waals surface area contributed by atoms with E-state index in [1.807, 2.05) is 12.1 Å². The van der Waals surface area contributed by atoms with E-state index in [-0.39, 0.29) is 36.3 Å². The zero-order chi connectivity index (χ0) is 22.2. The van der Waals surface area contributed by atoms with Gasteiger partial charge in [-0.05, 0) is 68.3 Å². The van der Waals surface area contributed by atoms with E-state index in [1.54, 1.807) is 4.90 Å². The highest BCUT2D eigenvalue weighted by Gasteiger charge is 2.39. The number of carbonyl (C=O) groups is 3. The van der Waals surface area contributed by atoms with Crippen molar-refractivity contribution in [3.05, 3.63) is 34.9 Å². The van der Waals surface area contributed by atoms with Gasteiger partial charge >= 0.3 is 0 Å². The van der Waals surface area contributed by atoms with Gasteiger partial charge in [0.15, 0.2) is 0 Å². The number of likely N-dealkylation sites (tertiary alicyclic amines) is 1. The lowest BCUT2D eigenvalue weighted by molar-refractivity contribution is -0.136. The van der Waals surface area contributed by atoms with Crippen molar-refractivity contribution in [1.82, 2.24) is 15.1 Å². The van der Waals surface area contributed by atoms with E-state index in [0.29, 0.717) is 24.4 Å². The van der Waals surface area contributed by atoms with Gasteiger partial charge in [0.05, 0.1) is 6.10 Å². The van der Waals surface area contributed by atoms with Gasteiger partial charge in [0.2, 0.25) is 11.8 Å². The highest BCUT2D eigenvalue weighted by Crippen LogP contribution is 2.31. The lowest BCUT2D eigenvalue weighted by Crippen LogP contribution is -2.52. The molecule has 0 aliphatic carbocycles. The van der Waals surface area contributed by atoms with Crippen molar-refractivity contribution in [2.45, 2.75) is 69.8 Å². The number of hydrogen-bond acceptors (Lipinski definition) is 6. The Morgan fingerprint density at radius 1 is 1.09 bits per heavy atom. The molecule has 0 aromatic heterocycles. The van der Waals surface area contributed by atoms with Gasteiger partial charge in [0.1, 0.15) is 6.04 Å². The van der Waals surface area contributed by atoms with Crippen LogP contribution in [0.2, 0.25) is 0 Å². The second-order valence-corrected chi connectivity index (χ2v) is 9.65. The molecule has 8 nitrogen and oxygen atoms in total. The number of hydrogen-bond donors (Lipinski definition) is 2. The fraction of sp³-hybridized carbons (Fsp3) is 0.625. The van der Waals surface area contributed by atoms with E-state index in [1.165, 1.54) is 5.56 Å². The summed E-state index contributed by atoms with van der Waals surface area (Å²) in [5.41, 5.74) is 9.12. The number of benzene rings is 1. The second-order valence-electron chi connectivity index (χ2n) is 9.65. The molecule has 3 saturated heterocycles. The van der Waals surface area contributed by atoms with Gasteiger partial charge in [-0.1, -0.05) is 12.1 Å². The zero-order valence-corrected chi connectivity index (χ0v) is 18.4. The molecule has 172 valence electrons. The quantitative estimate of drug-likeness (QED) is 0.681. The summed E-state index contributed by atoms with van der Waals surface area (Å²) in [6, 6.07) is 5.62. The molecule has 3 N–H and O–H groups in total. The van der Waals surface area contributed by atoms with E-state index < -0.39 is 6.04 Å². The molecule has 4 heterocycles. The molecule has 4 aliphatic rings. The third kappa shape index (κ3) is 4.19. The molecule has 32 heavy (non-hydrogen) atoms. The van der Waals surface area contributed by atoms with E-state index in [9.17, 15) is 14.4 Å². The number of rotatable bonds is 4. The molecular formula is C24H32N4O4. The Hall–Kier alpha value is -2.29. The molecule has 3 atom stereocenters. The van der Waals surface area contributed by atoms with E-state index >= 15 is 0 Å². The number of nitrogens with zero attached hydrogens (tertiary/aromatic N) is 2. The largest absolute Gasteiger partial charge is 0.376 e. The zero-order valence-electron chi connectivity index (χ0n) is 18.4. The summed E-state index contributed by atoms with van der Waals surface area (Å²) in [5, 5.41) is 2.35. The fourth-order valence-corrected chi connectivity index (χ4v) is 5.74. The smallest absolute Gasteiger partial charge is 0.255 e. The van der Waals surface area contributed by atoms with Gasteiger partial charge in [-0.15, -0.1) is 0 Å². The Morgan fingerprint density at radius 3 is 2.66 bits per heavy atom. The molecule has 0 saturated carbocycles. The predicted molar refractivity (Wildman–Crippen MR) is 117 cm³/mol. The normalized spacial score (nSPS) is 29.8. The van der Waals surface area contributed by atoms with Crippen molar-refractivity contribution in [2.24, 2.45) is 11.7 Å². The van der Waals surface area contributed by atoms with Gasteiger partial charge in [-0.25, -0.2) is 0 Å². The van der Waals surface area contributed by atoms with Gasteiger partial charge < -0.3 is 15.4 Å². The molecule has 0 spiro atoms. The monoisotopic (exact) mass is 440 g/mol. The molecule has 0 bridgehead atoms. The van der Waals surface area contributed by atoms with E-state index in [0.717, 1.165) is 57.5 Å². The third-order valence-corrected chi connectivity index (χ3v) is 7.51. The Labute approximate surface area is 188 Å². The highest BCUT2D eigenvalue weighted by molar-refractivity contribution is 6.05. The van der Waals surface area contributed by atoms with Crippen LogP contribution in [-0.2, 0) is 27.4 Å².